The number of carboxylic acids is 1. The SMILES string of the molecule is O=C(O)c1ccccc1-c1c(-c2ccccc2)ncn1C[C@H]1CCCN1. The number of nitrogens with zero attached hydrogens (tertiary/aromatic N) is 2. The molecule has 0 spiro atoms. The van der Waals surface area contributed by atoms with Gasteiger partial charge >= 0.3 is 5.97 Å². The number of aromatic carboxylic acids is 1. The van der Waals surface area contributed by atoms with Gasteiger partial charge < -0.3 is 15.0 Å². The molecule has 26 heavy (non-hydrogen) atoms. The zero-order chi connectivity index (χ0) is 17.9. The van der Waals surface area contributed by atoms with E-state index in [9.17, 15) is 9.90 Å². The van der Waals surface area contributed by atoms with Crippen molar-refractivity contribution >= 4 is 5.97 Å². The normalized spacial score (nSPS) is 16.7. The molecule has 0 unspecified atom stereocenters. The minimum atomic E-state index is -0.925. The number of imidazole rings is 1. The summed E-state index contributed by atoms with van der Waals surface area (Å²) in [6, 6.07) is 17.5. The molecule has 1 saturated heterocycles. The quantitative estimate of drug-likeness (QED) is 0.739. The summed E-state index contributed by atoms with van der Waals surface area (Å²) in [7, 11) is 0. The van der Waals surface area contributed by atoms with E-state index in [0.717, 1.165) is 36.5 Å². The van der Waals surface area contributed by atoms with E-state index in [1.165, 1.54) is 6.42 Å². The highest BCUT2D eigenvalue weighted by Crippen LogP contribution is 2.33. The van der Waals surface area contributed by atoms with Gasteiger partial charge in [-0.3, -0.25) is 0 Å². The third-order valence-corrected chi connectivity index (χ3v) is 4.88. The van der Waals surface area contributed by atoms with Crippen molar-refractivity contribution in [2.45, 2.75) is 25.4 Å². The molecule has 1 aromatic heterocycles. The Morgan fingerprint density at radius 1 is 1.15 bits per heavy atom. The number of carbonyl (C=O) groups is 1. The maximum absolute atomic E-state index is 11.8. The highest BCUT2D eigenvalue weighted by molar-refractivity contribution is 5.97. The van der Waals surface area contributed by atoms with Crippen LogP contribution in [0.5, 0.6) is 0 Å². The van der Waals surface area contributed by atoms with Crippen molar-refractivity contribution in [2.75, 3.05) is 6.54 Å². The molecule has 5 nitrogen and oxygen atoms in total. The van der Waals surface area contributed by atoms with E-state index in [4.69, 9.17) is 0 Å². The van der Waals surface area contributed by atoms with Gasteiger partial charge in [-0.25, -0.2) is 9.78 Å². The summed E-state index contributed by atoms with van der Waals surface area (Å²) in [5.74, 6) is -0.925. The van der Waals surface area contributed by atoms with Crippen LogP contribution in [0.25, 0.3) is 22.5 Å². The fourth-order valence-corrected chi connectivity index (χ4v) is 3.64. The first-order chi connectivity index (χ1) is 12.7. The predicted molar refractivity (Wildman–Crippen MR) is 101 cm³/mol. The summed E-state index contributed by atoms with van der Waals surface area (Å²) in [4.78, 5) is 16.4. The molecular weight excluding hydrogens is 326 g/mol. The molecule has 0 bridgehead atoms. The van der Waals surface area contributed by atoms with Gasteiger partial charge in [0, 0.05) is 23.7 Å². The number of benzene rings is 2. The Hall–Kier alpha value is -2.92. The number of carboxylic acid groups (broad SMARTS) is 1. The Balaban J connectivity index is 1.87. The van der Waals surface area contributed by atoms with Crippen LogP contribution in [0.15, 0.2) is 60.9 Å². The maximum atomic E-state index is 11.8. The average Bonchev–Trinajstić information content (AvgIpc) is 3.33. The van der Waals surface area contributed by atoms with E-state index in [0.29, 0.717) is 17.2 Å². The topological polar surface area (TPSA) is 67.1 Å². The van der Waals surface area contributed by atoms with Gasteiger partial charge in [-0.05, 0) is 25.5 Å². The van der Waals surface area contributed by atoms with Crippen molar-refractivity contribution in [3.8, 4) is 22.5 Å². The second-order valence-electron chi connectivity index (χ2n) is 6.60. The van der Waals surface area contributed by atoms with Gasteiger partial charge in [0.25, 0.3) is 0 Å². The predicted octanol–water partition coefficient (Wildman–Crippen LogP) is 3.67. The Labute approximate surface area is 152 Å². The Morgan fingerprint density at radius 2 is 1.92 bits per heavy atom. The molecule has 0 amide bonds. The van der Waals surface area contributed by atoms with Crippen LogP contribution in [0.2, 0.25) is 0 Å². The molecular formula is C21H21N3O2. The molecule has 1 atom stereocenters. The van der Waals surface area contributed by atoms with Crippen LogP contribution in [-0.2, 0) is 6.54 Å². The van der Waals surface area contributed by atoms with E-state index >= 15 is 0 Å². The van der Waals surface area contributed by atoms with Crippen molar-refractivity contribution in [1.82, 2.24) is 14.9 Å². The smallest absolute Gasteiger partial charge is 0.336 e. The molecule has 1 aliphatic rings. The fraction of sp³-hybridized carbons (Fsp3) is 0.238. The molecule has 3 aromatic rings. The first-order valence-electron chi connectivity index (χ1n) is 8.90. The van der Waals surface area contributed by atoms with Crippen LogP contribution >= 0.6 is 0 Å². The lowest BCUT2D eigenvalue weighted by molar-refractivity contribution is 0.0697. The number of hydrogen-bond donors (Lipinski definition) is 2. The summed E-state index contributed by atoms with van der Waals surface area (Å²) in [6.45, 7) is 1.81. The minimum absolute atomic E-state index is 0.297. The molecule has 0 aliphatic carbocycles. The molecule has 1 fully saturated rings. The van der Waals surface area contributed by atoms with Gasteiger partial charge in [0.2, 0.25) is 0 Å². The zero-order valence-corrected chi connectivity index (χ0v) is 14.4. The van der Waals surface area contributed by atoms with Crippen LogP contribution in [0.4, 0.5) is 0 Å². The van der Waals surface area contributed by atoms with Crippen molar-refractivity contribution in [3.63, 3.8) is 0 Å². The lowest BCUT2D eigenvalue weighted by atomic mass is 9.99. The highest BCUT2D eigenvalue weighted by Gasteiger charge is 2.22. The number of rotatable bonds is 5. The monoisotopic (exact) mass is 347 g/mol. The van der Waals surface area contributed by atoms with Crippen LogP contribution in [-0.4, -0.2) is 33.2 Å². The van der Waals surface area contributed by atoms with Gasteiger partial charge in [-0.1, -0.05) is 48.5 Å². The lowest BCUT2D eigenvalue weighted by Crippen LogP contribution is -2.26. The Kier molecular flexibility index (Phi) is 4.54. The molecule has 1 aliphatic heterocycles. The second-order valence-corrected chi connectivity index (χ2v) is 6.60. The minimum Gasteiger partial charge on any atom is -0.478 e. The third kappa shape index (κ3) is 3.13. The number of nitrogens with one attached hydrogen (secondary N) is 1. The Morgan fingerprint density at radius 3 is 2.65 bits per heavy atom. The second kappa shape index (κ2) is 7.14. The summed E-state index contributed by atoms with van der Waals surface area (Å²) in [5, 5.41) is 13.2. The largest absolute Gasteiger partial charge is 0.478 e. The van der Waals surface area contributed by atoms with Crippen LogP contribution < -0.4 is 5.32 Å². The molecule has 0 radical (unpaired) electrons. The number of hydrogen-bond acceptors (Lipinski definition) is 3. The van der Waals surface area contributed by atoms with Gasteiger partial charge in [0.05, 0.1) is 23.3 Å². The summed E-state index contributed by atoms with van der Waals surface area (Å²) >= 11 is 0. The summed E-state index contributed by atoms with van der Waals surface area (Å²) < 4.78 is 2.09. The molecule has 2 heterocycles. The van der Waals surface area contributed by atoms with Crippen molar-refractivity contribution < 1.29 is 9.90 Å². The van der Waals surface area contributed by atoms with Crippen molar-refractivity contribution in [1.29, 1.82) is 0 Å². The van der Waals surface area contributed by atoms with E-state index in [-0.39, 0.29) is 0 Å². The van der Waals surface area contributed by atoms with Crippen molar-refractivity contribution in [3.05, 3.63) is 66.5 Å². The van der Waals surface area contributed by atoms with E-state index < -0.39 is 5.97 Å². The van der Waals surface area contributed by atoms with E-state index in [2.05, 4.69) is 14.9 Å². The van der Waals surface area contributed by atoms with E-state index in [1.54, 1.807) is 12.1 Å². The molecule has 2 aromatic carbocycles. The Bertz CT molecular complexity index is 912. The molecule has 0 saturated carbocycles. The molecule has 2 N–H and O–H groups in total. The lowest BCUT2D eigenvalue weighted by Gasteiger charge is -2.16. The molecule has 132 valence electrons. The average molecular weight is 347 g/mol. The van der Waals surface area contributed by atoms with Crippen LogP contribution in [0, 0.1) is 0 Å². The first-order valence-corrected chi connectivity index (χ1v) is 8.90. The van der Waals surface area contributed by atoms with Gasteiger partial charge in [0.15, 0.2) is 0 Å². The first kappa shape index (κ1) is 16.5. The van der Waals surface area contributed by atoms with Crippen LogP contribution in [0.1, 0.15) is 23.2 Å². The summed E-state index contributed by atoms with van der Waals surface area (Å²) in [6.07, 6.45) is 4.13. The molecule has 4 rings (SSSR count). The molecule has 5 heteroatoms. The van der Waals surface area contributed by atoms with Gasteiger partial charge in [-0.15, -0.1) is 0 Å². The van der Waals surface area contributed by atoms with Gasteiger partial charge in [-0.2, -0.15) is 0 Å². The highest BCUT2D eigenvalue weighted by atomic mass is 16.4. The maximum Gasteiger partial charge on any atom is 0.336 e. The standard InChI is InChI=1S/C21H21N3O2/c25-21(26)18-11-5-4-10-17(18)20-19(15-7-2-1-3-8-15)23-14-24(20)13-16-9-6-12-22-16/h1-5,7-8,10-11,14,16,22H,6,9,12-13H2,(H,25,26)/t16-/m1/s1. The summed E-state index contributed by atoms with van der Waals surface area (Å²) in [5.41, 5.74) is 3.67. The zero-order valence-electron chi connectivity index (χ0n) is 14.4. The van der Waals surface area contributed by atoms with Crippen molar-refractivity contribution in [2.24, 2.45) is 0 Å². The third-order valence-electron chi connectivity index (χ3n) is 4.88. The van der Waals surface area contributed by atoms with Gasteiger partial charge in [0.1, 0.15) is 0 Å². The fourth-order valence-electron chi connectivity index (χ4n) is 3.64. The number of aromatic nitrogens is 2. The van der Waals surface area contributed by atoms with E-state index in [1.807, 2.05) is 48.8 Å². The van der Waals surface area contributed by atoms with Crippen LogP contribution in [0.3, 0.4) is 0 Å².